The van der Waals surface area contributed by atoms with Gasteiger partial charge in [-0.3, -0.25) is 14.5 Å². The molecule has 3 amide bonds. The van der Waals surface area contributed by atoms with Gasteiger partial charge >= 0.3 is 6.09 Å². The van der Waals surface area contributed by atoms with Crippen molar-refractivity contribution in [1.82, 2.24) is 10.2 Å². The van der Waals surface area contributed by atoms with E-state index in [1.54, 1.807) is 24.3 Å². The fourth-order valence-corrected chi connectivity index (χ4v) is 3.86. The molecule has 1 fully saturated rings. The molecule has 160 valence electrons. The van der Waals surface area contributed by atoms with Gasteiger partial charge in [-0.2, -0.15) is 0 Å². The Morgan fingerprint density at radius 2 is 2.06 bits per heavy atom. The number of benzene rings is 2. The third kappa shape index (κ3) is 3.39. The van der Waals surface area contributed by atoms with Crippen molar-refractivity contribution in [3.05, 3.63) is 41.7 Å². The van der Waals surface area contributed by atoms with Crippen molar-refractivity contribution in [1.29, 1.82) is 0 Å². The molecule has 0 radical (unpaired) electrons. The number of ether oxygens (including phenoxy) is 3. The molecule has 0 bridgehead atoms. The Morgan fingerprint density at radius 1 is 1.23 bits per heavy atom. The number of fused-ring (bicyclic) bond motifs is 3. The van der Waals surface area contributed by atoms with Gasteiger partial charge in [0.05, 0.1) is 18.8 Å². The number of carbonyl (C=O) groups is 3. The lowest BCUT2D eigenvalue weighted by molar-refractivity contribution is -0.120. The van der Waals surface area contributed by atoms with Gasteiger partial charge in [0.25, 0.3) is 5.91 Å². The molecule has 0 saturated carbocycles. The number of hydrogen-bond acceptors (Lipinski definition) is 6. The Bertz CT molecular complexity index is 1120. The van der Waals surface area contributed by atoms with Crippen molar-refractivity contribution in [2.24, 2.45) is 0 Å². The van der Waals surface area contributed by atoms with Crippen LogP contribution >= 0.6 is 0 Å². The van der Waals surface area contributed by atoms with Gasteiger partial charge in [0.15, 0.2) is 12.7 Å². The van der Waals surface area contributed by atoms with Gasteiger partial charge in [0.1, 0.15) is 17.3 Å². The normalized spacial score (nSPS) is 21.0. The number of halogens is 1. The van der Waals surface area contributed by atoms with Crippen molar-refractivity contribution >= 4 is 23.6 Å². The second-order valence-electron chi connectivity index (χ2n) is 7.48. The van der Waals surface area contributed by atoms with Crippen LogP contribution in [0.15, 0.2) is 30.3 Å². The van der Waals surface area contributed by atoms with Crippen molar-refractivity contribution in [2.45, 2.75) is 25.8 Å². The fraction of sp³-hybridized carbons (Fsp3) is 0.286. The average molecular weight is 427 g/mol. The number of anilines is 1. The number of amides is 3. The smallest absolute Gasteiger partial charge is 0.413 e. The van der Waals surface area contributed by atoms with E-state index in [0.717, 1.165) is 0 Å². The topological polar surface area (TPSA) is 106 Å². The first-order valence-electron chi connectivity index (χ1n) is 9.67. The quantitative estimate of drug-likeness (QED) is 0.776. The molecule has 2 atom stereocenters. The lowest BCUT2D eigenvalue weighted by Crippen LogP contribution is -2.47. The van der Waals surface area contributed by atoms with E-state index in [0.29, 0.717) is 33.9 Å². The van der Waals surface area contributed by atoms with E-state index >= 15 is 0 Å². The molecule has 0 aromatic heterocycles. The molecule has 2 N–H and O–H groups in total. The standard InChI is InChI=1S/C21H18FN3O6/c1-10(26)23-7-18-20-25(21(28)31-18)8-12-4-13(14(22)6-17(12)30-20)11-2-3-16-15(5-11)24-19(27)9-29-16/h2-6,18,20H,7-9H2,1H3,(H,23,26)(H,24,27)/t18-,20-/m0/s1. The summed E-state index contributed by atoms with van der Waals surface area (Å²) in [7, 11) is 0. The summed E-state index contributed by atoms with van der Waals surface area (Å²) in [6, 6.07) is 7.88. The predicted octanol–water partition coefficient (Wildman–Crippen LogP) is 2.00. The number of rotatable bonds is 3. The van der Waals surface area contributed by atoms with Gasteiger partial charge < -0.3 is 24.8 Å². The Kier molecular flexibility index (Phi) is 4.42. The van der Waals surface area contributed by atoms with Crippen LogP contribution in [-0.4, -0.2) is 48.3 Å². The number of hydrogen-bond donors (Lipinski definition) is 2. The first-order valence-corrected chi connectivity index (χ1v) is 9.67. The molecule has 3 heterocycles. The molecule has 2 aromatic rings. The van der Waals surface area contributed by atoms with Gasteiger partial charge in [0, 0.05) is 24.1 Å². The van der Waals surface area contributed by atoms with Crippen LogP contribution in [0.5, 0.6) is 11.5 Å². The van der Waals surface area contributed by atoms with Crippen molar-refractivity contribution in [3.8, 4) is 22.6 Å². The lowest BCUT2D eigenvalue weighted by Gasteiger charge is -2.32. The zero-order valence-electron chi connectivity index (χ0n) is 16.4. The van der Waals surface area contributed by atoms with E-state index in [4.69, 9.17) is 14.2 Å². The molecule has 31 heavy (non-hydrogen) atoms. The molecule has 0 unspecified atom stereocenters. The number of cyclic esters (lactones) is 1. The Morgan fingerprint density at radius 3 is 2.87 bits per heavy atom. The zero-order chi connectivity index (χ0) is 21.7. The summed E-state index contributed by atoms with van der Waals surface area (Å²) in [5, 5.41) is 5.30. The summed E-state index contributed by atoms with van der Waals surface area (Å²) in [5.41, 5.74) is 1.92. The summed E-state index contributed by atoms with van der Waals surface area (Å²) < 4.78 is 31.5. The summed E-state index contributed by atoms with van der Waals surface area (Å²) in [4.78, 5) is 36.4. The number of carbonyl (C=O) groups excluding carboxylic acids is 3. The van der Waals surface area contributed by atoms with E-state index in [9.17, 15) is 18.8 Å². The molecule has 3 aliphatic heterocycles. The van der Waals surface area contributed by atoms with Gasteiger partial charge in [-0.1, -0.05) is 6.07 Å². The Labute approximate surface area is 176 Å². The highest BCUT2D eigenvalue weighted by Gasteiger charge is 2.46. The van der Waals surface area contributed by atoms with E-state index in [2.05, 4.69) is 10.6 Å². The van der Waals surface area contributed by atoms with Gasteiger partial charge in [0.2, 0.25) is 12.1 Å². The van der Waals surface area contributed by atoms with Gasteiger partial charge in [-0.15, -0.1) is 0 Å². The van der Waals surface area contributed by atoms with Crippen molar-refractivity contribution in [3.63, 3.8) is 0 Å². The SMILES string of the molecule is CC(=O)NC[C@@H]1OC(=O)N2Cc3cc(-c4ccc5c(c4)NC(=O)CO5)c(F)cc3O[C@@H]12. The third-order valence-electron chi connectivity index (χ3n) is 5.33. The third-order valence-corrected chi connectivity index (χ3v) is 5.33. The van der Waals surface area contributed by atoms with Crippen LogP contribution in [0.2, 0.25) is 0 Å². The van der Waals surface area contributed by atoms with Crippen LogP contribution in [0.1, 0.15) is 12.5 Å². The highest BCUT2D eigenvalue weighted by atomic mass is 19.1. The van der Waals surface area contributed by atoms with Crippen LogP contribution in [0.25, 0.3) is 11.1 Å². The molecule has 3 aliphatic rings. The molecule has 9 nitrogen and oxygen atoms in total. The van der Waals surface area contributed by atoms with Crippen LogP contribution in [0.3, 0.4) is 0 Å². The summed E-state index contributed by atoms with van der Waals surface area (Å²) >= 11 is 0. The molecular formula is C21H18FN3O6. The van der Waals surface area contributed by atoms with Crippen LogP contribution in [0.4, 0.5) is 14.9 Å². The summed E-state index contributed by atoms with van der Waals surface area (Å²) in [5.74, 6) is -0.232. The molecule has 10 heteroatoms. The second-order valence-corrected chi connectivity index (χ2v) is 7.48. The molecule has 1 saturated heterocycles. The van der Waals surface area contributed by atoms with Crippen LogP contribution in [0, 0.1) is 5.82 Å². The zero-order valence-corrected chi connectivity index (χ0v) is 16.4. The second kappa shape index (κ2) is 7.15. The van der Waals surface area contributed by atoms with E-state index in [1.807, 2.05) is 0 Å². The van der Waals surface area contributed by atoms with Crippen LogP contribution < -0.4 is 20.1 Å². The van der Waals surface area contributed by atoms with E-state index in [1.165, 1.54) is 17.9 Å². The molecular weight excluding hydrogens is 409 g/mol. The summed E-state index contributed by atoms with van der Waals surface area (Å²) in [6.45, 7) is 1.57. The minimum atomic E-state index is -0.756. The maximum atomic E-state index is 15.0. The molecule has 5 rings (SSSR count). The Balaban J connectivity index is 1.45. The minimum Gasteiger partial charge on any atom is -0.482 e. The van der Waals surface area contributed by atoms with Gasteiger partial charge in [-0.05, 0) is 23.8 Å². The minimum absolute atomic E-state index is 0.0626. The van der Waals surface area contributed by atoms with Crippen molar-refractivity contribution in [2.75, 3.05) is 18.5 Å². The average Bonchev–Trinajstić information content (AvgIpc) is 3.04. The maximum absolute atomic E-state index is 15.0. The lowest BCUT2D eigenvalue weighted by atomic mass is 9.99. The fourth-order valence-electron chi connectivity index (χ4n) is 3.86. The molecule has 0 aliphatic carbocycles. The highest BCUT2D eigenvalue weighted by Crippen LogP contribution is 2.39. The first kappa shape index (κ1) is 19.2. The highest BCUT2D eigenvalue weighted by molar-refractivity contribution is 5.96. The number of nitrogens with one attached hydrogen (secondary N) is 2. The van der Waals surface area contributed by atoms with Gasteiger partial charge in [-0.25, -0.2) is 9.18 Å². The first-order chi connectivity index (χ1) is 14.9. The maximum Gasteiger partial charge on any atom is 0.413 e. The largest absolute Gasteiger partial charge is 0.482 e. The molecule has 2 aromatic carbocycles. The summed E-state index contributed by atoms with van der Waals surface area (Å²) in [6.07, 6.45) is -2.02. The van der Waals surface area contributed by atoms with Crippen LogP contribution in [-0.2, 0) is 20.9 Å². The monoisotopic (exact) mass is 427 g/mol. The Hall–Kier alpha value is -3.82. The molecule has 0 spiro atoms. The predicted molar refractivity (Wildman–Crippen MR) is 105 cm³/mol. The van der Waals surface area contributed by atoms with E-state index < -0.39 is 24.2 Å². The van der Waals surface area contributed by atoms with E-state index in [-0.39, 0.29) is 31.5 Å². The number of nitrogens with zero attached hydrogens (tertiary/aromatic N) is 1. The van der Waals surface area contributed by atoms with Crippen molar-refractivity contribution < 1.29 is 33.0 Å².